The van der Waals surface area contributed by atoms with Crippen LogP contribution in [0.15, 0.2) is 36.5 Å². The van der Waals surface area contributed by atoms with Crippen molar-refractivity contribution in [2.45, 2.75) is 39.2 Å². The van der Waals surface area contributed by atoms with Crippen LogP contribution in [0.25, 0.3) is 10.9 Å². The minimum Gasteiger partial charge on any atom is -0.456 e. The Morgan fingerprint density at radius 3 is 2.47 bits per heavy atom. The van der Waals surface area contributed by atoms with Crippen molar-refractivity contribution in [3.05, 3.63) is 47.7 Å². The molecular formula is C23H24N2O5. The van der Waals surface area contributed by atoms with Gasteiger partial charge in [0.25, 0.3) is 0 Å². The molecule has 1 saturated heterocycles. The Bertz CT molecular complexity index is 1040. The normalized spacial score (nSPS) is 21.7. The summed E-state index contributed by atoms with van der Waals surface area (Å²) in [6.07, 6.45) is 7.24. The fraction of sp³-hybridized carbons (Fsp3) is 0.391. The van der Waals surface area contributed by atoms with Crippen LogP contribution in [0.2, 0.25) is 0 Å². The van der Waals surface area contributed by atoms with E-state index >= 15 is 0 Å². The smallest absolute Gasteiger partial charge is 0.329 e. The molecule has 7 heteroatoms. The number of nitrogens with zero attached hydrogens (tertiary/aromatic N) is 1. The van der Waals surface area contributed by atoms with Gasteiger partial charge in [-0.1, -0.05) is 37.3 Å². The van der Waals surface area contributed by atoms with E-state index in [0.29, 0.717) is 18.4 Å². The van der Waals surface area contributed by atoms with Crippen LogP contribution in [-0.2, 0) is 25.5 Å². The Labute approximate surface area is 174 Å². The van der Waals surface area contributed by atoms with Gasteiger partial charge < -0.3 is 9.72 Å². The van der Waals surface area contributed by atoms with Gasteiger partial charge in [-0.25, -0.2) is 4.79 Å². The second kappa shape index (κ2) is 7.89. The van der Waals surface area contributed by atoms with Crippen molar-refractivity contribution in [1.82, 2.24) is 9.88 Å². The Balaban J connectivity index is 1.43. The van der Waals surface area contributed by atoms with E-state index in [4.69, 9.17) is 4.74 Å². The summed E-state index contributed by atoms with van der Waals surface area (Å²) in [5.74, 6) is -2.59. The summed E-state index contributed by atoms with van der Waals surface area (Å²) in [6.45, 7) is 3.05. The van der Waals surface area contributed by atoms with Crippen LogP contribution >= 0.6 is 0 Å². The highest BCUT2D eigenvalue weighted by Crippen LogP contribution is 2.36. The summed E-state index contributed by atoms with van der Waals surface area (Å²) in [5, 5.41) is 0.782. The number of ketones is 1. The van der Waals surface area contributed by atoms with Crippen LogP contribution in [0.4, 0.5) is 0 Å². The molecule has 0 unspecified atom stereocenters. The topological polar surface area (TPSA) is 96.5 Å². The van der Waals surface area contributed by atoms with Crippen LogP contribution in [0, 0.1) is 11.8 Å². The van der Waals surface area contributed by atoms with Crippen molar-refractivity contribution >= 4 is 34.5 Å². The molecule has 1 N–H and O–H groups in total. The highest BCUT2D eigenvalue weighted by Gasteiger charge is 2.50. The van der Waals surface area contributed by atoms with Crippen LogP contribution in [0.3, 0.4) is 0 Å². The largest absolute Gasteiger partial charge is 0.456 e. The van der Waals surface area contributed by atoms with Gasteiger partial charge in [0.1, 0.15) is 6.04 Å². The molecule has 0 radical (unpaired) electrons. The van der Waals surface area contributed by atoms with Crippen LogP contribution in [-0.4, -0.2) is 46.1 Å². The Kier molecular flexibility index (Phi) is 5.28. The van der Waals surface area contributed by atoms with E-state index in [1.807, 2.05) is 37.3 Å². The summed E-state index contributed by atoms with van der Waals surface area (Å²) in [4.78, 5) is 54.5. The standard InChI is InChI=1S/C23H24N2O5/c1-3-14-7-6-10-15-18(11-24-20(14)15)19(26)12-30-23(29)13(2)25-21(27)16-8-4-5-9-17(16)22(25)28/h4-7,10-11,13,16-17,24H,3,8-9,12H2,1-2H3/t13-,16-,17-/m0/s1. The summed E-state index contributed by atoms with van der Waals surface area (Å²) < 4.78 is 5.19. The number of hydrogen-bond donors (Lipinski definition) is 1. The number of carbonyl (C=O) groups excluding carboxylic acids is 4. The number of aromatic amines is 1. The number of imide groups is 1. The SMILES string of the molecule is CCc1cccc2c(C(=O)COC(=O)[C@H](C)N3C(=O)[C@H]4CC=CC[C@@H]4C3=O)c[nH]c12. The summed E-state index contributed by atoms with van der Waals surface area (Å²) >= 11 is 0. The molecule has 4 rings (SSSR count). The predicted octanol–water partition coefficient (Wildman–Crippen LogP) is 2.80. The number of carbonyl (C=O) groups is 4. The van der Waals surface area contributed by atoms with E-state index < -0.39 is 30.5 Å². The molecule has 2 aromatic rings. The minimum atomic E-state index is -1.06. The predicted molar refractivity (Wildman–Crippen MR) is 110 cm³/mol. The van der Waals surface area contributed by atoms with Gasteiger partial charge in [-0.15, -0.1) is 0 Å². The number of nitrogens with one attached hydrogen (secondary N) is 1. The zero-order valence-corrected chi connectivity index (χ0v) is 17.0. The number of para-hydroxylation sites is 1. The number of esters is 1. The van der Waals surface area contributed by atoms with Gasteiger partial charge in [0.2, 0.25) is 17.6 Å². The van der Waals surface area contributed by atoms with Crippen LogP contribution < -0.4 is 0 Å². The highest BCUT2D eigenvalue weighted by molar-refractivity contribution is 6.10. The van der Waals surface area contributed by atoms with Crippen molar-refractivity contribution in [3.63, 3.8) is 0 Å². The lowest BCUT2D eigenvalue weighted by atomic mass is 9.85. The number of allylic oxidation sites excluding steroid dienone is 2. The molecule has 1 aromatic heterocycles. The molecule has 1 aliphatic heterocycles. The number of rotatable bonds is 6. The van der Waals surface area contributed by atoms with Gasteiger partial charge in [0.05, 0.1) is 11.8 Å². The van der Waals surface area contributed by atoms with Gasteiger partial charge >= 0.3 is 5.97 Å². The average Bonchev–Trinajstić information content (AvgIpc) is 3.31. The molecule has 2 heterocycles. The molecule has 1 aliphatic carbocycles. The van der Waals surface area contributed by atoms with E-state index in [2.05, 4.69) is 4.98 Å². The lowest BCUT2D eigenvalue weighted by Crippen LogP contribution is -2.44. The summed E-state index contributed by atoms with van der Waals surface area (Å²) in [5.41, 5.74) is 2.44. The first kappa shape index (κ1) is 20.1. The Morgan fingerprint density at radius 1 is 1.17 bits per heavy atom. The zero-order chi connectivity index (χ0) is 21.4. The van der Waals surface area contributed by atoms with Gasteiger partial charge in [0, 0.05) is 22.7 Å². The number of Topliss-reactive ketones (excluding diaryl/α,β-unsaturated/α-hetero) is 1. The molecule has 1 fully saturated rings. The maximum absolute atomic E-state index is 12.6. The number of amides is 2. The van der Waals surface area contributed by atoms with E-state index in [1.165, 1.54) is 6.92 Å². The third kappa shape index (κ3) is 3.24. The molecular weight excluding hydrogens is 384 g/mol. The number of aryl methyl sites for hydroxylation is 1. The second-order valence-electron chi connectivity index (χ2n) is 7.80. The number of hydrogen-bond acceptors (Lipinski definition) is 5. The van der Waals surface area contributed by atoms with E-state index in [-0.39, 0.29) is 17.6 Å². The fourth-order valence-corrected chi connectivity index (χ4v) is 4.39. The molecule has 2 aliphatic rings. The quantitative estimate of drug-likeness (QED) is 0.343. The summed E-state index contributed by atoms with van der Waals surface area (Å²) in [6, 6.07) is 4.67. The zero-order valence-electron chi connectivity index (χ0n) is 17.0. The fourth-order valence-electron chi connectivity index (χ4n) is 4.39. The molecule has 0 bridgehead atoms. The van der Waals surface area contributed by atoms with Gasteiger partial charge in [-0.2, -0.15) is 0 Å². The second-order valence-corrected chi connectivity index (χ2v) is 7.80. The van der Waals surface area contributed by atoms with Crippen molar-refractivity contribution in [3.8, 4) is 0 Å². The lowest BCUT2D eigenvalue weighted by Gasteiger charge is -2.21. The van der Waals surface area contributed by atoms with Gasteiger partial charge in [0.15, 0.2) is 6.61 Å². The number of H-pyrrole nitrogens is 1. The van der Waals surface area contributed by atoms with Crippen molar-refractivity contribution in [2.24, 2.45) is 11.8 Å². The molecule has 3 atom stereocenters. The maximum atomic E-state index is 12.6. The van der Waals surface area contributed by atoms with Crippen LogP contribution in [0.1, 0.15) is 42.6 Å². The van der Waals surface area contributed by atoms with E-state index in [0.717, 1.165) is 27.8 Å². The van der Waals surface area contributed by atoms with Crippen molar-refractivity contribution in [2.75, 3.05) is 6.61 Å². The van der Waals surface area contributed by atoms with Gasteiger partial charge in [-0.3, -0.25) is 19.3 Å². The molecule has 156 valence electrons. The number of aromatic nitrogens is 1. The van der Waals surface area contributed by atoms with Gasteiger partial charge in [-0.05, 0) is 31.7 Å². The molecule has 0 spiro atoms. The molecule has 7 nitrogen and oxygen atoms in total. The first-order valence-electron chi connectivity index (χ1n) is 10.2. The number of fused-ring (bicyclic) bond motifs is 2. The lowest BCUT2D eigenvalue weighted by molar-refractivity contribution is -0.157. The van der Waals surface area contributed by atoms with Crippen LogP contribution in [0.5, 0.6) is 0 Å². The molecule has 2 amide bonds. The maximum Gasteiger partial charge on any atom is 0.329 e. The Hall–Kier alpha value is -3.22. The number of benzene rings is 1. The minimum absolute atomic E-state index is 0.339. The monoisotopic (exact) mass is 408 g/mol. The third-order valence-corrected chi connectivity index (χ3v) is 6.10. The molecule has 30 heavy (non-hydrogen) atoms. The average molecular weight is 408 g/mol. The highest BCUT2D eigenvalue weighted by atomic mass is 16.5. The Morgan fingerprint density at radius 2 is 1.83 bits per heavy atom. The van der Waals surface area contributed by atoms with E-state index in [9.17, 15) is 19.2 Å². The number of likely N-dealkylation sites (tertiary alicyclic amines) is 1. The van der Waals surface area contributed by atoms with E-state index in [1.54, 1.807) is 6.20 Å². The number of ether oxygens (including phenoxy) is 1. The molecule has 1 aromatic carbocycles. The molecule has 0 saturated carbocycles. The van der Waals surface area contributed by atoms with Crippen molar-refractivity contribution < 1.29 is 23.9 Å². The van der Waals surface area contributed by atoms with Crippen molar-refractivity contribution in [1.29, 1.82) is 0 Å². The summed E-state index contributed by atoms with van der Waals surface area (Å²) in [7, 11) is 0. The first-order chi connectivity index (χ1) is 14.4. The first-order valence-corrected chi connectivity index (χ1v) is 10.2. The third-order valence-electron chi connectivity index (χ3n) is 6.10.